The van der Waals surface area contributed by atoms with Gasteiger partial charge in [-0.05, 0) is 43.0 Å². The summed E-state index contributed by atoms with van der Waals surface area (Å²) in [5.41, 5.74) is 1.43. The summed E-state index contributed by atoms with van der Waals surface area (Å²) in [7, 11) is 0. The van der Waals surface area contributed by atoms with Gasteiger partial charge in [-0.3, -0.25) is 0 Å². The first-order chi connectivity index (χ1) is 12.0. The zero-order valence-electron chi connectivity index (χ0n) is 12.9. The minimum atomic E-state index is -1.09. The zero-order valence-corrected chi connectivity index (χ0v) is 14.4. The molecule has 1 fully saturated rings. The number of fused-ring (bicyclic) bond motifs is 4. The third-order valence-electron chi connectivity index (χ3n) is 4.82. The van der Waals surface area contributed by atoms with E-state index in [-0.39, 0.29) is 24.5 Å². The molecule has 0 spiro atoms. The molecule has 2 aliphatic heterocycles. The highest BCUT2D eigenvalue weighted by atomic mass is 35.5. The smallest absolute Gasteiger partial charge is 0.314 e. The summed E-state index contributed by atoms with van der Waals surface area (Å²) in [6, 6.07) is 4.04. The minimum absolute atomic E-state index is 0.170. The van der Waals surface area contributed by atoms with Crippen LogP contribution in [0.15, 0.2) is 24.4 Å². The molecular weight excluding hydrogens is 371 g/mol. The lowest BCUT2D eigenvalue weighted by Gasteiger charge is -2.36. The van der Waals surface area contributed by atoms with E-state index in [2.05, 4.69) is 10.3 Å². The van der Waals surface area contributed by atoms with Crippen molar-refractivity contribution < 1.29 is 13.6 Å². The van der Waals surface area contributed by atoms with Crippen molar-refractivity contribution in [2.75, 3.05) is 5.32 Å². The van der Waals surface area contributed by atoms with E-state index < -0.39 is 11.8 Å². The number of hydrogen-bond donors (Lipinski definition) is 1. The Morgan fingerprint density at radius 3 is 2.80 bits per heavy atom. The van der Waals surface area contributed by atoms with Gasteiger partial charge in [0.1, 0.15) is 0 Å². The van der Waals surface area contributed by atoms with E-state index in [0.29, 0.717) is 33.3 Å². The maximum atomic E-state index is 14.0. The number of urea groups is 1. The fourth-order valence-electron chi connectivity index (χ4n) is 3.70. The van der Waals surface area contributed by atoms with Crippen LogP contribution >= 0.6 is 23.2 Å². The Morgan fingerprint density at radius 1 is 1.24 bits per heavy atom. The lowest BCUT2D eigenvalue weighted by Crippen LogP contribution is -2.44. The molecular formula is C17H13Cl2F2N3O. The molecule has 2 bridgehead atoms. The number of amides is 2. The molecule has 2 amide bonds. The molecule has 1 saturated heterocycles. The predicted molar refractivity (Wildman–Crippen MR) is 90.9 cm³/mol. The van der Waals surface area contributed by atoms with Gasteiger partial charge in [-0.15, -0.1) is 0 Å². The van der Waals surface area contributed by atoms with Crippen LogP contribution < -0.4 is 5.32 Å². The maximum absolute atomic E-state index is 14.0. The lowest BCUT2D eigenvalue weighted by atomic mass is 9.95. The molecule has 4 nitrogen and oxygen atoms in total. The number of rotatable bonds is 1. The minimum Gasteiger partial charge on any atom is -0.314 e. The number of carbonyl (C=O) groups excluding carboxylic acids is 1. The number of nitrogens with one attached hydrogen (secondary N) is 1. The van der Waals surface area contributed by atoms with Crippen molar-refractivity contribution in [2.45, 2.75) is 31.3 Å². The quantitative estimate of drug-likeness (QED) is 0.707. The fraction of sp³-hybridized carbons (Fsp3) is 0.294. The topological polar surface area (TPSA) is 45.2 Å². The van der Waals surface area contributed by atoms with Crippen LogP contribution in [0.2, 0.25) is 10.0 Å². The monoisotopic (exact) mass is 383 g/mol. The number of anilines is 1. The van der Waals surface area contributed by atoms with Crippen LogP contribution in [0.1, 0.15) is 30.0 Å². The second-order valence-electron chi connectivity index (χ2n) is 6.21. The van der Waals surface area contributed by atoms with Crippen molar-refractivity contribution in [3.63, 3.8) is 0 Å². The number of aromatic nitrogens is 1. The molecule has 3 heterocycles. The molecule has 0 saturated carbocycles. The molecule has 1 N–H and O–H groups in total. The van der Waals surface area contributed by atoms with E-state index in [1.54, 1.807) is 23.1 Å². The second kappa shape index (κ2) is 6.11. The Morgan fingerprint density at radius 2 is 2.04 bits per heavy atom. The van der Waals surface area contributed by atoms with Crippen LogP contribution in [0.25, 0.3) is 0 Å². The van der Waals surface area contributed by atoms with Crippen molar-refractivity contribution in [1.29, 1.82) is 0 Å². The Hall–Kier alpha value is -1.92. The summed E-state index contributed by atoms with van der Waals surface area (Å²) >= 11 is 11.8. The number of carbonyl (C=O) groups is 1. The third kappa shape index (κ3) is 2.73. The van der Waals surface area contributed by atoms with Gasteiger partial charge in [-0.2, -0.15) is 4.39 Å². The first-order valence-electron chi connectivity index (χ1n) is 7.83. The average molecular weight is 384 g/mol. The van der Waals surface area contributed by atoms with Gasteiger partial charge in [0, 0.05) is 23.5 Å². The largest absolute Gasteiger partial charge is 0.322 e. The predicted octanol–water partition coefficient (Wildman–Crippen LogP) is 4.96. The van der Waals surface area contributed by atoms with Crippen LogP contribution in [0, 0.1) is 11.8 Å². The van der Waals surface area contributed by atoms with Gasteiger partial charge in [-0.1, -0.05) is 23.2 Å². The van der Waals surface area contributed by atoms with E-state index in [9.17, 15) is 13.6 Å². The van der Waals surface area contributed by atoms with Gasteiger partial charge < -0.3 is 10.2 Å². The maximum Gasteiger partial charge on any atom is 0.322 e. The lowest BCUT2D eigenvalue weighted by molar-refractivity contribution is 0.177. The van der Waals surface area contributed by atoms with Gasteiger partial charge >= 0.3 is 6.03 Å². The first-order valence-corrected chi connectivity index (χ1v) is 8.58. The van der Waals surface area contributed by atoms with Gasteiger partial charge in [0.15, 0.2) is 5.82 Å². The van der Waals surface area contributed by atoms with Crippen LogP contribution in [-0.2, 0) is 6.42 Å². The Labute approximate surface area is 152 Å². The summed E-state index contributed by atoms with van der Waals surface area (Å²) in [6.07, 6.45) is 3.04. The Bertz CT molecular complexity index is 877. The van der Waals surface area contributed by atoms with Crippen molar-refractivity contribution in [1.82, 2.24) is 9.88 Å². The van der Waals surface area contributed by atoms with Crippen molar-refractivity contribution >= 4 is 34.9 Å². The number of halogens is 4. The van der Waals surface area contributed by atoms with E-state index >= 15 is 0 Å². The summed E-state index contributed by atoms with van der Waals surface area (Å²) < 4.78 is 27.4. The highest BCUT2D eigenvalue weighted by molar-refractivity contribution is 6.42. The Balaban J connectivity index is 1.62. The second-order valence-corrected chi connectivity index (χ2v) is 7.03. The summed E-state index contributed by atoms with van der Waals surface area (Å²) in [6.45, 7) is 0. The highest BCUT2D eigenvalue weighted by Gasteiger charge is 2.44. The number of pyridine rings is 1. The van der Waals surface area contributed by atoms with Crippen LogP contribution in [0.4, 0.5) is 19.3 Å². The molecule has 0 radical (unpaired) electrons. The van der Waals surface area contributed by atoms with Crippen molar-refractivity contribution in [3.05, 3.63) is 57.3 Å². The standard InChI is InChI=1S/C17H13Cl2F2N3O/c18-12-3-1-8(5-13(12)19)23-17(25)24-9-2-4-14(24)11-7-22-16(21)15(20)10(11)6-9/h1,3,5,7,9,14H,2,4,6H2,(H,23,25). The summed E-state index contributed by atoms with van der Waals surface area (Å²) in [4.78, 5) is 17.9. The van der Waals surface area contributed by atoms with E-state index in [1.165, 1.54) is 6.20 Å². The number of benzene rings is 1. The van der Waals surface area contributed by atoms with Gasteiger partial charge in [0.25, 0.3) is 0 Å². The molecule has 2 aromatic rings. The van der Waals surface area contributed by atoms with Gasteiger partial charge in [0.2, 0.25) is 5.95 Å². The molecule has 130 valence electrons. The molecule has 4 rings (SSSR count). The average Bonchev–Trinajstić information content (AvgIpc) is 2.90. The molecule has 2 atom stereocenters. The van der Waals surface area contributed by atoms with Crippen LogP contribution in [-0.4, -0.2) is 22.0 Å². The SMILES string of the molecule is O=C(Nc1ccc(Cl)c(Cl)c1)N1C2CCC1c1cnc(F)c(F)c1C2. The number of hydrogen-bond acceptors (Lipinski definition) is 2. The molecule has 8 heteroatoms. The Kier molecular flexibility index (Phi) is 4.04. The summed E-state index contributed by atoms with van der Waals surface area (Å²) in [5, 5.41) is 3.53. The fourth-order valence-corrected chi connectivity index (χ4v) is 4.00. The normalized spacial score (nSPS) is 21.2. The van der Waals surface area contributed by atoms with E-state index in [1.807, 2.05) is 0 Å². The van der Waals surface area contributed by atoms with Crippen LogP contribution in [0.5, 0.6) is 0 Å². The zero-order chi connectivity index (χ0) is 17.7. The molecule has 25 heavy (non-hydrogen) atoms. The molecule has 2 unspecified atom stereocenters. The van der Waals surface area contributed by atoms with Crippen molar-refractivity contribution in [2.24, 2.45) is 0 Å². The first kappa shape index (κ1) is 16.5. The molecule has 1 aromatic heterocycles. The molecule has 2 aliphatic rings. The van der Waals surface area contributed by atoms with E-state index in [4.69, 9.17) is 23.2 Å². The third-order valence-corrected chi connectivity index (χ3v) is 5.56. The summed E-state index contributed by atoms with van der Waals surface area (Å²) in [5.74, 6) is -1.99. The van der Waals surface area contributed by atoms with Crippen LogP contribution in [0.3, 0.4) is 0 Å². The molecule has 1 aromatic carbocycles. The number of nitrogens with zero attached hydrogens (tertiary/aromatic N) is 2. The van der Waals surface area contributed by atoms with E-state index in [0.717, 1.165) is 6.42 Å². The molecule has 0 aliphatic carbocycles. The van der Waals surface area contributed by atoms with Gasteiger partial charge in [-0.25, -0.2) is 14.2 Å². The van der Waals surface area contributed by atoms with Crippen molar-refractivity contribution in [3.8, 4) is 0 Å². The highest BCUT2D eigenvalue weighted by Crippen LogP contribution is 2.44. The van der Waals surface area contributed by atoms with Gasteiger partial charge in [0.05, 0.1) is 16.1 Å².